The first kappa shape index (κ1) is 20.3. The Balaban J connectivity index is 1.23. The fraction of sp³-hybridized carbons (Fsp3) is 0.667. The van der Waals surface area contributed by atoms with E-state index in [9.17, 15) is 9.00 Å². The number of likely N-dealkylation sites (tertiary alicyclic amines) is 1. The van der Waals surface area contributed by atoms with Gasteiger partial charge >= 0.3 is 0 Å². The van der Waals surface area contributed by atoms with Crippen LogP contribution in [0.4, 0.5) is 5.69 Å². The van der Waals surface area contributed by atoms with Gasteiger partial charge in [0.05, 0.1) is 27.3 Å². The van der Waals surface area contributed by atoms with Crippen LogP contribution >= 0.6 is 0 Å². The minimum atomic E-state index is -0.867. The van der Waals surface area contributed by atoms with Crippen molar-refractivity contribution < 1.29 is 9.00 Å². The Kier molecular flexibility index (Phi) is 7.70. The summed E-state index contributed by atoms with van der Waals surface area (Å²) in [6.07, 6.45) is 8.56. The largest absolute Gasteiger partial charge is 0.361 e. The molecule has 3 rings (SSSR count). The number of hydrogen-bond donors (Lipinski definition) is 1. The highest BCUT2D eigenvalue weighted by molar-refractivity contribution is 7.85. The lowest BCUT2D eigenvalue weighted by Gasteiger charge is -2.26. The van der Waals surface area contributed by atoms with Gasteiger partial charge in [0.15, 0.2) is 0 Å². The molecule has 1 atom stereocenters. The highest BCUT2D eigenvalue weighted by atomic mass is 32.2. The van der Waals surface area contributed by atoms with Crippen molar-refractivity contribution in [1.29, 1.82) is 0 Å². The van der Waals surface area contributed by atoms with Gasteiger partial charge in [-0.05, 0) is 75.7 Å². The molecule has 2 aliphatic heterocycles. The molecule has 1 amide bonds. The Morgan fingerprint density at radius 2 is 1.93 bits per heavy atom. The summed E-state index contributed by atoms with van der Waals surface area (Å²) in [6, 6.07) is 6.42. The molecule has 0 aromatic heterocycles. The van der Waals surface area contributed by atoms with E-state index >= 15 is 0 Å². The SMILES string of the molecule is CN1CS(=O)c2cc(CCCCNCCCCN3CCCCC3=O)ccc21. The highest BCUT2D eigenvalue weighted by Crippen LogP contribution is 2.31. The standard InChI is InChI=1S/C21H33N3O2S/c1-23-17-27(26)20-16-18(10-11-19(20)23)8-2-4-12-22-13-5-7-15-24-14-6-3-9-21(24)25/h10-11,16,22H,2-9,12-15,17H2,1H3. The maximum Gasteiger partial charge on any atom is 0.222 e. The predicted molar refractivity (Wildman–Crippen MR) is 112 cm³/mol. The fourth-order valence-corrected chi connectivity index (χ4v) is 5.25. The minimum Gasteiger partial charge on any atom is -0.361 e. The Morgan fingerprint density at radius 1 is 1.11 bits per heavy atom. The number of nitrogens with zero attached hydrogens (tertiary/aromatic N) is 2. The number of piperidine rings is 1. The van der Waals surface area contributed by atoms with Crippen molar-refractivity contribution in [3.8, 4) is 0 Å². The van der Waals surface area contributed by atoms with E-state index in [0.29, 0.717) is 11.8 Å². The van der Waals surface area contributed by atoms with Crippen LogP contribution in [-0.2, 0) is 22.0 Å². The second-order valence-electron chi connectivity index (χ2n) is 7.73. The lowest BCUT2D eigenvalue weighted by Crippen LogP contribution is -2.36. The van der Waals surface area contributed by atoms with E-state index in [2.05, 4.69) is 28.4 Å². The van der Waals surface area contributed by atoms with Gasteiger partial charge in [-0.15, -0.1) is 0 Å². The third kappa shape index (κ3) is 5.79. The number of amides is 1. The molecule has 1 aromatic carbocycles. The van der Waals surface area contributed by atoms with Crippen LogP contribution in [0.25, 0.3) is 0 Å². The number of aryl methyl sites for hydroxylation is 1. The van der Waals surface area contributed by atoms with E-state index in [1.165, 1.54) is 12.0 Å². The van der Waals surface area contributed by atoms with Crippen LogP contribution in [0.2, 0.25) is 0 Å². The summed E-state index contributed by atoms with van der Waals surface area (Å²) in [5.41, 5.74) is 2.41. The average molecular weight is 392 g/mol. The molecule has 1 saturated heterocycles. The number of carbonyl (C=O) groups excluding carboxylic acids is 1. The first-order chi connectivity index (χ1) is 13.1. The van der Waals surface area contributed by atoms with Crippen LogP contribution in [-0.4, -0.2) is 54.1 Å². The molecule has 1 N–H and O–H groups in total. The lowest BCUT2D eigenvalue weighted by molar-refractivity contribution is -0.133. The van der Waals surface area contributed by atoms with Crippen LogP contribution in [0.15, 0.2) is 23.1 Å². The molecular weight excluding hydrogens is 358 g/mol. The lowest BCUT2D eigenvalue weighted by atomic mass is 10.1. The molecular formula is C21H33N3O2S. The molecule has 1 unspecified atom stereocenters. The van der Waals surface area contributed by atoms with E-state index in [4.69, 9.17) is 0 Å². The summed E-state index contributed by atoms with van der Waals surface area (Å²) >= 11 is 0. The first-order valence-electron chi connectivity index (χ1n) is 10.4. The van der Waals surface area contributed by atoms with Crippen molar-refractivity contribution in [3.63, 3.8) is 0 Å². The Hall–Kier alpha value is -1.40. The van der Waals surface area contributed by atoms with Gasteiger partial charge in [0.2, 0.25) is 5.91 Å². The van der Waals surface area contributed by atoms with Gasteiger partial charge in [-0.3, -0.25) is 9.00 Å². The molecule has 5 nitrogen and oxygen atoms in total. The zero-order valence-electron chi connectivity index (χ0n) is 16.5. The van der Waals surface area contributed by atoms with Crippen molar-refractivity contribution in [2.24, 2.45) is 0 Å². The second kappa shape index (κ2) is 10.2. The van der Waals surface area contributed by atoms with Gasteiger partial charge in [0.1, 0.15) is 0 Å². The van der Waals surface area contributed by atoms with Crippen molar-refractivity contribution in [1.82, 2.24) is 10.2 Å². The van der Waals surface area contributed by atoms with Crippen molar-refractivity contribution >= 4 is 22.4 Å². The zero-order valence-corrected chi connectivity index (χ0v) is 17.4. The summed E-state index contributed by atoms with van der Waals surface area (Å²) < 4.78 is 12.1. The molecule has 0 saturated carbocycles. The van der Waals surface area contributed by atoms with E-state index in [-0.39, 0.29) is 0 Å². The second-order valence-corrected chi connectivity index (χ2v) is 9.12. The number of unbranched alkanes of at least 4 members (excludes halogenated alkanes) is 2. The molecule has 6 heteroatoms. The van der Waals surface area contributed by atoms with Crippen LogP contribution < -0.4 is 10.2 Å². The van der Waals surface area contributed by atoms with Crippen molar-refractivity contribution in [2.75, 3.05) is 44.0 Å². The number of carbonyl (C=O) groups is 1. The Morgan fingerprint density at radius 3 is 2.74 bits per heavy atom. The minimum absolute atomic E-state index is 0.344. The quantitative estimate of drug-likeness (QED) is 0.623. The number of nitrogens with one attached hydrogen (secondary N) is 1. The van der Waals surface area contributed by atoms with E-state index in [1.807, 2.05) is 11.9 Å². The monoisotopic (exact) mass is 391 g/mol. The maximum atomic E-state index is 12.1. The predicted octanol–water partition coefficient (Wildman–Crippen LogP) is 2.91. The topological polar surface area (TPSA) is 52.7 Å². The molecule has 1 aromatic rings. The molecule has 0 radical (unpaired) electrons. The van der Waals surface area contributed by atoms with Gasteiger partial charge in [-0.1, -0.05) is 6.07 Å². The van der Waals surface area contributed by atoms with E-state index in [1.54, 1.807) is 0 Å². The molecule has 1 fully saturated rings. The number of fused-ring (bicyclic) bond motifs is 1. The average Bonchev–Trinajstić information content (AvgIpc) is 2.95. The molecule has 27 heavy (non-hydrogen) atoms. The number of rotatable bonds is 10. The van der Waals surface area contributed by atoms with Crippen molar-refractivity contribution in [2.45, 2.75) is 56.3 Å². The van der Waals surface area contributed by atoms with Crippen molar-refractivity contribution in [3.05, 3.63) is 23.8 Å². The van der Waals surface area contributed by atoms with Crippen LogP contribution in [0.5, 0.6) is 0 Å². The molecule has 150 valence electrons. The zero-order chi connectivity index (χ0) is 19.1. The molecule has 0 aliphatic carbocycles. The van der Waals surface area contributed by atoms with Gasteiger partial charge in [-0.2, -0.15) is 0 Å². The van der Waals surface area contributed by atoms with Gasteiger partial charge in [-0.25, -0.2) is 0 Å². The summed E-state index contributed by atoms with van der Waals surface area (Å²) in [5.74, 6) is 0.963. The summed E-state index contributed by atoms with van der Waals surface area (Å²) in [4.78, 5) is 16.8. The van der Waals surface area contributed by atoms with Crippen LogP contribution in [0.1, 0.15) is 50.5 Å². The molecule has 0 bridgehead atoms. The van der Waals surface area contributed by atoms with E-state index < -0.39 is 10.8 Å². The first-order valence-corrected chi connectivity index (χ1v) is 11.7. The summed E-state index contributed by atoms with van der Waals surface area (Å²) in [7, 11) is 1.13. The summed E-state index contributed by atoms with van der Waals surface area (Å²) in [5, 5.41) is 3.52. The third-order valence-corrected chi connectivity index (χ3v) is 6.95. The fourth-order valence-electron chi connectivity index (χ4n) is 3.88. The van der Waals surface area contributed by atoms with Gasteiger partial charge in [0, 0.05) is 26.6 Å². The van der Waals surface area contributed by atoms with E-state index in [0.717, 1.165) is 81.7 Å². The number of anilines is 1. The van der Waals surface area contributed by atoms with Gasteiger partial charge in [0.25, 0.3) is 0 Å². The molecule has 2 heterocycles. The highest BCUT2D eigenvalue weighted by Gasteiger charge is 2.22. The number of hydrogen-bond acceptors (Lipinski definition) is 4. The van der Waals surface area contributed by atoms with Crippen LogP contribution in [0.3, 0.4) is 0 Å². The summed E-state index contributed by atoms with van der Waals surface area (Å²) in [6.45, 7) is 3.96. The smallest absolute Gasteiger partial charge is 0.222 e. The number of benzene rings is 1. The van der Waals surface area contributed by atoms with Gasteiger partial charge < -0.3 is 15.1 Å². The maximum absolute atomic E-state index is 12.1. The molecule has 0 spiro atoms. The third-order valence-electron chi connectivity index (χ3n) is 5.51. The van der Waals surface area contributed by atoms with Crippen LogP contribution in [0, 0.1) is 0 Å². The Labute approximate surface area is 165 Å². The Bertz CT molecular complexity index is 665. The normalized spacial score (nSPS) is 19.6. The molecule has 2 aliphatic rings.